The molecule has 2 aliphatic carbocycles. The van der Waals surface area contributed by atoms with Crippen molar-refractivity contribution in [1.82, 2.24) is 39.7 Å². The molecule has 9 rings (SSSR count). The van der Waals surface area contributed by atoms with Gasteiger partial charge >= 0.3 is 12.2 Å². The number of piperidine rings is 2. The fraction of sp³-hybridized carbons (Fsp3) is 0.412. The van der Waals surface area contributed by atoms with Gasteiger partial charge < -0.3 is 24.7 Å². The molecule has 46 heavy (non-hydrogen) atoms. The van der Waals surface area contributed by atoms with Gasteiger partial charge in [-0.15, -0.1) is 0 Å². The zero-order valence-corrected chi connectivity index (χ0v) is 25.8. The Morgan fingerprint density at radius 3 is 2.54 bits per heavy atom. The van der Waals surface area contributed by atoms with Crippen LogP contribution in [0.1, 0.15) is 64.1 Å². The van der Waals surface area contributed by atoms with Crippen molar-refractivity contribution in [3.05, 3.63) is 60.4 Å². The summed E-state index contributed by atoms with van der Waals surface area (Å²) in [5.41, 5.74) is 6.07. The summed E-state index contributed by atoms with van der Waals surface area (Å²) >= 11 is 0. The van der Waals surface area contributed by atoms with Crippen molar-refractivity contribution >= 4 is 34.3 Å². The minimum Gasteiger partial charge on any atom is -0.465 e. The fourth-order valence-corrected chi connectivity index (χ4v) is 7.71. The monoisotopic (exact) mass is 618 g/mol. The Kier molecular flexibility index (Phi) is 5.51. The van der Waals surface area contributed by atoms with E-state index in [4.69, 9.17) is 19.7 Å². The second-order valence-electron chi connectivity index (χ2n) is 14.3. The first-order chi connectivity index (χ1) is 22.1. The number of H-pyrrole nitrogens is 2. The smallest absolute Gasteiger partial charge is 0.411 e. The van der Waals surface area contributed by atoms with Crippen molar-refractivity contribution in [2.45, 2.75) is 75.6 Å². The van der Waals surface area contributed by atoms with Crippen molar-refractivity contribution in [3.63, 3.8) is 0 Å². The van der Waals surface area contributed by atoms with E-state index >= 15 is 0 Å². The Balaban J connectivity index is 0.958. The van der Waals surface area contributed by atoms with Gasteiger partial charge in [-0.3, -0.25) is 9.88 Å². The molecule has 2 saturated carbocycles. The predicted octanol–water partition coefficient (Wildman–Crippen LogP) is 6.03. The highest BCUT2D eigenvalue weighted by molar-refractivity contribution is 5.87. The quantitative estimate of drug-likeness (QED) is 0.221. The number of carbonyl (C=O) groups is 2. The number of rotatable bonds is 4. The topological polar surface area (TPSA) is 153 Å². The van der Waals surface area contributed by atoms with Gasteiger partial charge in [0.05, 0.1) is 51.6 Å². The number of likely N-dealkylation sites (tertiary alicyclic amines) is 2. The summed E-state index contributed by atoms with van der Waals surface area (Å²) in [5, 5.41) is 9.46. The van der Waals surface area contributed by atoms with Crippen LogP contribution in [0.4, 0.5) is 9.59 Å². The predicted molar refractivity (Wildman–Crippen MR) is 169 cm³/mol. The Bertz CT molecular complexity index is 2080. The molecular weight excluding hydrogens is 584 g/mol. The first-order valence-electron chi connectivity index (χ1n) is 15.9. The van der Waals surface area contributed by atoms with Crippen LogP contribution in [0.15, 0.2) is 48.8 Å². The summed E-state index contributed by atoms with van der Waals surface area (Å²) in [6.07, 6.45) is 5.89. The van der Waals surface area contributed by atoms with Gasteiger partial charge in [0, 0.05) is 18.6 Å². The molecule has 234 valence electrons. The largest absolute Gasteiger partial charge is 0.465 e. The molecule has 5 heterocycles. The van der Waals surface area contributed by atoms with Crippen LogP contribution in [0, 0.1) is 5.92 Å². The van der Waals surface area contributed by atoms with E-state index in [-0.39, 0.29) is 29.6 Å². The number of aromatic amines is 2. The Hall–Kier alpha value is -5.00. The minimum absolute atomic E-state index is 0.00198. The van der Waals surface area contributed by atoms with Crippen molar-refractivity contribution in [2.75, 3.05) is 6.54 Å². The maximum Gasteiger partial charge on any atom is 0.411 e. The van der Waals surface area contributed by atoms with Gasteiger partial charge in [0.25, 0.3) is 0 Å². The SMILES string of the molecule is CC(C)(C)OC(=O)N1[C@@H]2C[C@@H]2C[C@H]1c1nc2ccc(-c3ccc4nc(-c5cnc(C67CCN(C(=O)O)C6C7)[nH]5)cnc4c3)cc2[nH]1. The maximum atomic E-state index is 13.1. The molecule has 2 aliphatic heterocycles. The summed E-state index contributed by atoms with van der Waals surface area (Å²) in [5.74, 6) is 2.14. The standard InChI is InChI=1S/C34H34N8O4/c1-33(2,3)46-32(45)42-26-12-19(26)13-27(42)29-38-21-7-5-18(11-23(21)39-29)17-4-6-20-22(10-17)35-15-24(37-20)25-16-36-30(40-25)34-8-9-41(31(43)44)28(34)14-34/h4-7,10-11,15-16,19,26-28H,8-9,12-14H2,1-3H3,(H,36,40)(H,38,39)(H,43,44)/t19-,26-,27+,28?,34?/m1/s1. The molecule has 2 aromatic carbocycles. The molecule has 0 radical (unpaired) electrons. The first-order valence-corrected chi connectivity index (χ1v) is 15.9. The van der Waals surface area contributed by atoms with Crippen molar-refractivity contribution < 1.29 is 19.4 Å². The lowest BCUT2D eigenvalue weighted by molar-refractivity contribution is 0.0175. The number of nitrogens with one attached hydrogen (secondary N) is 2. The number of hydrogen-bond acceptors (Lipinski definition) is 7. The molecule has 5 aromatic rings. The number of imidazole rings is 2. The van der Waals surface area contributed by atoms with Crippen molar-refractivity contribution in [2.24, 2.45) is 5.92 Å². The van der Waals surface area contributed by atoms with E-state index < -0.39 is 11.7 Å². The molecule has 2 amide bonds. The highest BCUT2D eigenvalue weighted by atomic mass is 16.6. The van der Waals surface area contributed by atoms with Gasteiger partial charge in [-0.2, -0.15) is 0 Å². The number of hydrogen-bond donors (Lipinski definition) is 3. The average molecular weight is 619 g/mol. The van der Waals surface area contributed by atoms with Gasteiger partial charge in [0.15, 0.2) is 0 Å². The van der Waals surface area contributed by atoms with E-state index in [1.165, 1.54) is 4.90 Å². The number of fused-ring (bicyclic) bond motifs is 4. The summed E-state index contributed by atoms with van der Waals surface area (Å²) in [4.78, 5) is 54.0. The van der Waals surface area contributed by atoms with E-state index in [2.05, 4.69) is 27.1 Å². The molecule has 0 spiro atoms. The van der Waals surface area contributed by atoms with Crippen LogP contribution in [0.5, 0.6) is 0 Å². The molecule has 0 bridgehead atoms. The molecule has 4 aliphatic rings. The van der Waals surface area contributed by atoms with E-state index in [0.717, 1.165) is 76.2 Å². The molecule has 3 aromatic heterocycles. The highest BCUT2D eigenvalue weighted by Crippen LogP contribution is 2.57. The second-order valence-corrected chi connectivity index (χ2v) is 14.3. The van der Waals surface area contributed by atoms with Gasteiger partial charge in [-0.25, -0.2) is 24.5 Å². The summed E-state index contributed by atoms with van der Waals surface area (Å²) in [7, 11) is 0. The first kappa shape index (κ1) is 27.3. The molecule has 12 nitrogen and oxygen atoms in total. The third-order valence-corrected chi connectivity index (χ3v) is 10.2. The lowest BCUT2D eigenvalue weighted by Gasteiger charge is -2.29. The van der Waals surface area contributed by atoms with Crippen LogP contribution in [-0.4, -0.2) is 81.2 Å². The average Bonchev–Trinajstić information content (AvgIpc) is 3.59. The van der Waals surface area contributed by atoms with E-state index in [0.29, 0.717) is 18.2 Å². The maximum absolute atomic E-state index is 13.1. The molecule has 5 atom stereocenters. The lowest BCUT2D eigenvalue weighted by atomic mass is 10.0. The molecular formula is C34H34N8O4. The Labute approximate surface area is 264 Å². The van der Waals surface area contributed by atoms with Gasteiger partial charge in [-0.05, 0) is 87.8 Å². The third-order valence-electron chi connectivity index (χ3n) is 10.2. The van der Waals surface area contributed by atoms with Crippen LogP contribution in [0.25, 0.3) is 44.6 Å². The van der Waals surface area contributed by atoms with Crippen molar-refractivity contribution in [1.29, 1.82) is 0 Å². The zero-order chi connectivity index (χ0) is 31.5. The van der Waals surface area contributed by atoms with Gasteiger partial charge in [0.1, 0.15) is 22.9 Å². The van der Waals surface area contributed by atoms with E-state index in [1.807, 2.05) is 49.9 Å². The van der Waals surface area contributed by atoms with E-state index in [9.17, 15) is 14.7 Å². The minimum atomic E-state index is -0.864. The summed E-state index contributed by atoms with van der Waals surface area (Å²) in [6, 6.07) is 12.3. The third kappa shape index (κ3) is 4.26. The number of aromatic nitrogens is 6. The van der Waals surface area contributed by atoms with Gasteiger partial charge in [-0.1, -0.05) is 12.1 Å². The number of benzene rings is 2. The van der Waals surface area contributed by atoms with Crippen LogP contribution >= 0.6 is 0 Å². The fourth-order valence-electron chi connectivity index (χ4n) is 7.71. The summed E-state index contributed by atoms with van der Waals surface area (Å²) < 4.78 is 5.74. The Morgan fingerprint density at radius 1 is 0.978 bits per heavy atom. The van der Waals surface area contributed by atoms with Crippen molar-refractivity contribution in [3.8, 4) is 22.5 Å². The number of nitrogens with zero attached hydrogens (tertiary/aromatic N) is 6. The molecule has 4 fully saturated rings. The number of carbonyl (C=O) groups excluding carboxylic acids is 1. The summed E-state index contributed by atoms with van der Waals surface area (Å²) in [6.45, 7) is 6.23. The normalized spacial score (nSPS) is 26.4. The molecule has 2 unspecified atom stereocenters. The van der Waals surface area contributed by atoms with Gasteiger partial charge in [0.2, 0.25) is 0 Å². The van der Waals surface area contributed by atoms with E-state index in [1.54, 1.807) is 12.4 Å². The number of amides is 2. The number of ether oxygens (including phenoxy) is 1. The lowest BCUT2D eigenvalue weighted by Crippen LogP contribution is -2.38. The molecule has 12 heteroatoms. The molecule has 2 saturated heterocycles. The highest BCUT2D eigenvalue weighted by Gasteiger charge is 2.65. The van der Waals surface area contributed by atoms with Crippen LogP contribution < -0.4 is 0 Å². The van der Waals surface area contributed by atoms with Crippen LogP contribution in [0.3, 0.4) is 0 Å². The Morgan fingerprint density at radius 2 is 1.78 bits per heavy atom. The van der Waals surface area contributed by atoms with Crippen LogP contribution in [0.2, 0.25) is 0 Å². The zero-order valence-electron chi connectivity index (χ0n) is 25.8. The molecule has 3 N–H and O–H groups in total. The second kappa shape index (κ2) is 9.27. The van der Waals surface area contributed by atoms with Crippen LogP contribution in [-0.2, 0) is 10.2 Å². The number of carboxylic acid groups (broad SMARTS) is 1.